The van der Waals surface area contributed by atoms with Gasteiger partial charge in [0.05, 0.1) is 0 Å². The molecule has 2 aromatic carbocycles. The van der Waals surface area contributed by atoms with E-state index in [1.807, 2.05) is 30.3 Å². The molecule has 0 radical (unpaired) electrons. The van der Waals surface area contributed by atoms with Gasteiger partial charge in [-0.05, 0) is 10.8 Å². The van der Waals surface area contributed by atoms with Gasteiger partial charge in [-0.3, -0.25) is 0 Å². The second kappa shape index (κ2) is 5.41. The molecule has 0 aliphatic heterocycles. The van der Waals surface area contributed by atoms with Crippen LogP contribution in [0.2, 0.25) is 0 Å². The fourth-order valence-electron chi connectivity index (χ4n) is 1.17. The smallest absolute Gasteiger partial charge is 1.00 e. The molecular formula is C10H7ClOZr. The zero-order valence-electron chi connectivity index (χ0n) is 6.83. The molecule has 0 aliphatic carbocycles. The molecule has 0 bridgehead atoms. The van der Waals surface area contributed by atoms with Crippen molar-refractivity contribution in [1.29, 1.82) is 0 Å². The van der Waals surface area contributed by atoms with Gasteiger partial charge >= 0.3 is 26.2 Å². The summed E-state index contributed by atoms with van der Waals surface area (Å²) >= 11 is 0. The summed E-state index contributed by atoms with van der Waals surface area (Å²) in [5.74, 6) is 0.0729. The van der Waals surface area contributed by atoms with Crippen LogP contribution in [0.1, 0.15) is 0 Å². The summed E-state index contributed by atoms with van der Waals surface area (Å²) in [7, 11) is 0. The van der Waals surface area contributed by atoms with Gasteiger partial charge in [0.1, 0.15) is 0 Å². The van der Waals surface area contributed by atoms with Gasteiger partial charge in [-0.1, -0.05) is 42.5 Å². The van der Waals surface area contributed by atoms with Crippen molar-refractivity contribution in [2.45, 2.75) is 0 Å². The van der Waals surface area contributed by atoms with Gasteiger partial charge < -0.3 is 17.5 Å². The van der Waals surface area contributed by atoms with Gasteiger partial charge in [0.15, 0.2) is 0 Å². The Kier molecular flexibility index (Phi) is 5.28. The average Bonchev–Trinajstić information content (AvgIpc) is 2.04. The first-order valence-electron chi connectivity index (χ1n) is 3.52. The molecule has 0 saturated carbocycles. The van der Waals surface area contributed by atoms with Gasteiger partial charge in [-0.15, -0.1) is 5.75 Å². The van der Waals surface area contributed by atoms with Crippen LogP contribution in [0.5, 0.6) is 5.75 Å². The van der Waals surface area contributed by atoms with E-state index in [2.05, 4.69) is 0 Å². The van der Waals surface area contributed by atoms with Crippen molar-refractivity contribution in [3.05, 3.63) is 42.5 Å². The molecule has 1 nitrogen and oxygen atoms in total. The van der Waals surface area contributed by atoms with Crippen LogP contribution in [0.3, 0.4) is 0 Å². The van der Waals surface area contributed by atoms with E-state index >= 15 is 0 Å². The number of benzene rings is 2. The Morgan fingerprint density at radius 3 is 2.15 bits per heavy atom. The third-order valence-electron chi connectivity index (χ3n) is 1.72. The predicted octanol–water partition coefficient (Wildman–Crippen LogP) is -1.09. The van der Waals surface area contributed by atoms with E-state index in [0.29, 0.717) is 0 Å². The number of hydrogen-bond acceptors (Lipinski definition) is 1. The predicted molar refractivity (Wildman–Crippen MR) is 43.4 cm³/mol. The molecule has 13 heavy (non-hydrogen) atoms. The number of fused-ring (bicyclic) bond motifs is 1. The third-order valence-corrected chi connectivity index (χ3v) is 1.72. The summed E-state index contributed by atoms with van der Waals surface area (Å²) < 4.78 is 0. The maximum absolute atomic E-state index is 10.9. The molecule has 2 aromatic rings. The molecule has 3 heteroatoms. The Hall–Kier alpha value is -0.327. The van der Waals surface area contributed by atoms with Crippen molar-refractivity contribution in [1.82, 2.24) is 0 Å². The van der Waals surface area contributed by atoms with Crippen LogP contribution in [0.4, 0.5) is 0 Å². The Labute approximate surface area is 102 Å². The summed E-state index contributed by atoms with van der Waals surface area (Å²) in [5.41, 5.74) is 0. The molecule has 2 rings (SSSR count). The van der Waals surface area contributed by atoms with E-state index in [-0.39, 0.29) is 44.4 Å². The second-order valence-corrected chi connectivity index (χ2v) is 2.51. The largest absolute Gasteiger partial charge is 2.00 e. The molecule has 0 unspecified atom stereocenters. The van der Waals surface area contributed by atoms with Crippen LogP contribution in [-0.4, -0.2) is 0 Å². The minimum atomic E-state index is 0. The third kappa shape index (κ3) is 2.82. The molecule has 0 fully saturated rings. The molecule has 64 valence electrons. The molecule has 0 spiro atoms. The maximum atomic E-state index is 10.9. The number of hydrogen-bond donors (Lipinski definition) is 0. The van der Waals surface area contributed by atoms with E-state index in [1.54, 1.807) is 12.1 Å². The van der Waals surface area contributed by atoms with Crippen molar-refractivity contribution >= 4 is 10.8 Å². The molecule has 0 aliphatic rings. The zero-order chi connectivity index (χ0) is 7.68. The summed E-state index contributed by atoms with van der Waals surface area (Å²) in [6.07, 6.45) is 0. The van der Waals surface area contributed by atoms with Crippen LogP contribution in [0, 0.1) is 0 Å². The zero-order valence-corrected chi connectivity index (χ0v) is 10.0. The van der Waals surface area contributed by atoms with Gasteiger partial charge in [0, 0.05) is 0 Å². The minimum Gasteiger partial charge on any atom is -1.00 e. The monoisotopic (exact) mass is 268 g/mol. The van der Waals surface area contributed by atoms with Crippen molar-refractivity contribution in [3.8, 4) is 5.75 Å². The first-order chi connectivity index (χ1) is 5.36. The Morgan fingerprint density at radius 1 is 0.846 bits per heavy atom. The van der Waals surface area contributed by atoms with E-state index in [9.17, 15) is 5.11 Å². The second-order valence-electron chi connectivity index (χ2n) is 2.51. The summed E-state index contributed by atoms with van der Waals surface area (Å²) in [6.45, 7) is 0. The van der Waals surface area contributed by atoms with Crippen molar-refractivity contribution in [2.24, 2.45) is 0 Å². The van der Waals surface area contributed by atoms with Crippen LogP contribution in [0.15, 0.2) is 42.5 Å². The van der Waals surface area contributed by atoms with E-state index < -0.39 is 0 Å². The summed E-state index contributed by atoms with van der Waals surface area (Å²) in [5, 5.41) is 13.0. The van der Waals surface area contributed by atoms with Gasteiger partial charge in [0.2, 0.25) is 0 Å². The quantitative estimate of drug-likeness (QED) is 0.597. The molecule has 0 aromatic heterocycles. The summed E-state index contributed by atoms with van der Waals surface area (Å²) in [6, 6.07) is 12.9. The standard InChI is InChI=1S/C10H8O.ClH.Zr/c11-10-6-5-8-3-1-2-4-9(8)7-10;;/h1-7,11H;1H;/q;;+2/p-2. The molecule has 0 N–H and O–H groups in total. The topological polar surface area (TPSA) is 23.1 Å². The van der Waals surface area contributed by atoms with Crippen LogP contribution < -0.4 is 17.5 Å². The molecule has 0 heterocycles. The average molecular weight is 270 g/mol. The number of rotatable bonds is 0. The van der Waals surface area contributed by atoms with Crippen LogP contribution in [-0.2, 0) is 26.2 Å². The fourth-order valence-corrected chi connectivity index (χ4v) is 1.17. The molecule has 0 atom stereocenters. The minimum absolute atomic E-state index is 0. The molecule has 0 amide bonds. The SMILES string of the molecule is [Cl-].[O-]c1ccc2ccccc2c1.[Zr+2]. The first kappa shape index (κ1) is 12.7. The van der Waals surface area contributed by atoms with Crippen LogP contribution >= 0.6 is 0 Å². The fraction of sp³-hybridized carbons (Fsp3) is 0. The van der Waals surface area contributed by atoms with Gasteiger partial charge in [0.25, 0.3) is 0 Å². The summed E-state index contributed by atoms with van der Waals surface area (Å²) in [4.78, 5) is 0. The molecule has 0 saturated heterocycles. The van der Waals surface area contributed by atoms with Crippen molar-refractivity contribution in [2.75, 3.05) is 0 Å². The van der Waals surface area contributed by atoms with Crippen LogP contribution in [0.25, 0.3) is 10.8 Å². The Balaban J connectivity index is 0.000000720. The van der Waals surface area contributed by atoms with E-state index in [1.165, 1.54) is 0 Å². The maximum Gasteiger partial charge on any atom is 2.00 e. The Morgan fingerprint density at radius 2 is 1.46 bits per heavy atom. The number of halogens is 1. The van der Waals surface area contributed by atoms with E-state index in [4.69, 9.17) is 0 Å². The molecular weight excluding hydrogens is 263 g/mol. The normalized spacial score (nSPS) is 8.62. The van der Waals surface area contributed by atoms with Gasteiger partial charge in [-0.25, -0.2) is 0 Å². The Bertz CT molecular complexity index is 389. The van der Waals surface area contributed by atoms with Crippen molar-refractivity contribution < 1.29 is 43.7 Å². The van der Waals surface area contributed by atoms with E-state index in [0.717, 1.165) is 10.8 Å². The van der Waals surface area contributed by atoms with Gasteiger partial charge in [-0.2, -0.15) is 0 Å². The van der Waals surface area contributed by atoms with Crippen molar-refractivity contribution in [3.63, 3.8) is 0 Å². The first-order valence-corrected chi connectivity index (χ1v) is 3.52.